The second-order valence-corrected chi connectivity index (χ2v) is 6.17. The van der Waals surface area contributed by atoms with Crippen molar-refractivity contribution in [2.45, 2.75) is 13.8 Å². The largest absolute Gasteiger partial charge is 0.493 e. The van der Waals surface area contributed by atoms with Crippen molar-refractivity contribution in [3.63, 3.8) is 0 Å². The van der Waals surface area contributed by atoms with Crippen LogP contribution in [-0.4, -0.2) is 17.4 Å². The van der Waals surface area contributed by atoms with Crippen molar-refractivity contribution >= 4 is 44.8 Å². The highest BCUT2D eigenvalue weighted by molar-refractivity contribution is 9.10. The van der Waals surface area contributed by atoms with Crippen LogP contribution in [0.5, 0.6) is 5.75 Å². The minimum Gasteiger partial charge on any atom is -0.493 e. The molecule has 6 nitrogen and oxygen atoms in total. The number of amides is 1. The van der Waals surface area contributed by atoms with E-state index in [0.717, 1.165) is 0 Å². The Labute approximate surface area is 152 Å². The molecule has 126 valence electrons. The normalized spacial score (nSPS) is 10.3. The summed E-state index contributed by atoms with van der Waals surface area (Å²) in [5, 5.41) is 13.5. The van der Waals surface area contributed by atoms with Crippen LogP contribution in [0.25, 0.3) is 0 Å². The van der Waals surface area contributed by atoms with Gasteiger partial charge in [0.25, 0.3) is 11.6 Å². The van der Waals surface area contributed by atoms with Crippen molar-refractivity contribution < 1.29 is 14.5 Å². The summed E-state index contributed by atoms with van der Waals surface area (Å²) in [5.41, 5.74) is 1.18. The molecule has 1 N–H and O–H groups in total. The molecule has 0 saturated carbocycles. The predicted molar refractivity (Wildman–Crippen MR) is 96.1 cm³/mol. The molecule has 0 unspecified atom stereocenters. The molecule has 0 fully saturated rings. The number of halogens is 2. The van der Waals surface area contributed by atoms with E-state index < -0.39 is 4.92 Å². The predicted octanol–water partition coefficient (Wildman–Crippen LogP) is 4.97. The summed E-state index contributed by atoms with van der Waals surface area (Å²) >= 11 is 9.24. The number of hydrogen-bond donors (Lipinski definition) is 1. The van der Waals surface area contributed by atoms with Crippen molar-refractivity contribution in [2.75, 3.05) is 11.9 Å². The zero-order chi connectivity index (χ0) is 17.9. The summed E-state index contributed by atoms with van der Waals surface area (Å²) in [5.74, 6) is 0.287. The first-order chi connectivity index (χ1) is 11.3. The molecule has 0 heterocycles. The fraction of sp³-hybridized carbons (Fsp3) is 0.188. The number of benzene rings is 2. The number of nitro benzene ring substituents is 1. The quantitative estimate of drug-likeness (QED) is 0.554. The number of carbonyl (C=O) groups is 1. The molecule has 0 aliphatic heterocycles. The first kappa shape index (κ1) is 18.2. The molecule has 8 heteroatoms. The molecule has 0 bridgehead atoms. The third-order valence-electron chi connectivity index (χ3n) is 3.23. The Bertz CT molecular complexity index is 811. The summed E-state index contributed by atoms with van der Waals surface area (Å²) in [6.45, 7) is 4.05. The van der Waals surface area contributed by atoms with Gasteiger partial charge in [0, 0.05) is 17.3 Å². The topological polar surface area (TPSA) is 81.5 Å². The van der Waals surface area contributed by atoms with Gasteiger partial charge in [-0.15, -0.1) is 0 Å². The molecular weight excluding hydrogens is 400 g/mol. The van der Waals surface area contributed by atoms with Gasteiger partial charge in [-0.3, -0.25) is 14.9 Å². The highest BCUT2D eigenvalue weighted by atomic mass is 79.9. The van der Waals surface area contributed by atoms with Crippen molar-refractivity contribution in [3.05, 3.63) is 61.1 Å². The lowest BCUT2D eigenvalue weighted by Crippen LogP contribution is -2.13. The van der Waals surface area contributed by atoms with E-state index in [1.807, 2.05) is 6.92 Å². The summed E-state index contributed by atoms with van der Waals surface area (Å²) in [7, 11) is 0. The molecule has 1 amide bonds. The second-order valence-electron chi connectivity index (χ2n) is 4.91. The maximum atomic E-state index is 12.4. The lowest BCUT2D eigenvalue weighted by atomic mass is 10.1. The zero-order valence-corrected chi connectivity index (χ0v) is 15.3. The van der Waals surface area contributed by atoms with Crippen LogP contribution < -0.4 is 10.1 Å². The maximum absolute atomic E-state index is 12.4. The summed E-state index contributed by atoms with van der Waals surface area (Å²) in [6, 6.07) is 7.66. The average Bonchev–Trinajstić information content (AvgIpc) is 2.52. The van der Waals surface area contributed by atoms with Gasteiger partial charge in [-0.05, 0) is 59.6 Å². The molecule has 2 aromatic rings. The number of hydrogen-bond acceptors (Lipinski definition) is 4. The van der Waals surface area contributed by atoms with E-state index in [-0.39, 0.29) is 16.6 Å². The van der Waals surface area contributed by atoms with Gasteiger partial charge in [-0.2, -0.15) is 0 Å². The molecule has 0 aliphatic rings. The highest BCUT2D eigenvalue weighted by Gasteiger charge is 2.17. The molecule has 0 saturated heterocycles. The number of nitrogens with zero attached hydrogens (tertiary/aromatic N) is 1. The second kappa shape index (κ2) is 7.63. The number of aryl methyl sites for hydroxylation is 1. The fourth-order valence-electron chi connectivity index (χ4n) is 2.05. The van der Waals surface area contributed by atoms with Gasteiger partial charge < -0.3 is 10.1 Å². The van der Waals surface area contributed by atoms with Gasteiger partial charge >= 0.3 is 0 Å². The molecule has 0 aromatic heterocycles. The molecule has 0 radical (unpaired) electrons. The van der Waals surface area contributed by atoms with E-state index >= 15 is 0 Å². The average molecular weight is 414 g/mol. The van der Waals surface area contributed by atoms with Crippen LogP contribution in [0.2, 0.25) is 5.02 Å². The van der Waals surface area contributed by atoms with Crippen LogP contribution in [0, 0.1) is 17.0 Å². The van der Waals surface area contributed by atoms with E-state index in [1.165, 1.54) is 12.1 Å². The van der Waals surface area contributed by atoms with Crippen LogP contribution >= 0.6 is 27.5 Å². The van der Waals surface area contributed by atoms with Gasteiger partial charge in [0.1, 0.15) is 10.8 Å². The lowest BCUT2D eigenvalue weighted by Gasteiger charge is -2.11. The Morgan fingerprint density at radius 3 is 2.67 bits per heavy atom. The Kier molecular flexibility index (Phi) is 5.80. The standard InChI is InChI=1S/C16H14BrClN2O4/c1-3-24-15-5-4-10(7-11(15)17)16(21)19-13-8-12(18)14(20(22)23)6-9(13)2/h4-8H,3H2,1-2H3,(H,19,21). The Morgan fingerprint density at radius 1 is 1.38 bits per heavy atom. The molecule has 0 atom stereocenters. The number of nitro groups is 1. The van der Waals surface area contributed by atoms with E-state index in [9.17, 15) is 14.9 Å². The summed E-state index contributed by atoms with van der Waals surface area (Å²) in [4.78, 5) is 22.7. The SMILES string of the molecule is CCOc1ccc(C(=O)Nc2cc(Cl)c([N+](=O)[O-])cc2C)cc1Br. The van der Waals surface area contributed by atoms with E-state index in [4.69, 9.17) is 16.3 Å². The number of rotatable bonds is 5. The third kappa shape index (κ3) is 4.04. The Morgan fingerprint density at radius 2 is 2.08 bits per heavy atom. The van der Waals surface area contributed by atoms with Gasteiger partial charge in [0.15, 0.2) is 0 Å². The van der Waals surface area contributed by atoms with Crippen LogP contribution in [-0.2, 0) is 0 Å². The summed E-state index contributed by atoms with van der Waals surface area (Å²) < 4.78 is 6.06. The van der Waals surface area contributed by atoms with E-state index in [2.05, 4.69) is 21.2 Å². The monoisotopic (exact) mass is 412 g/mol. The van der Waals surface area contributed by atoms with E-state index in [1.54, 1.807) is 25.1 Å². The highest BCUT2D eigenvalue weighted by Crippen LogP contribution is 2.31. The van der Waals surface area contributed by atoms with Crippen LogP contribution in [0.4, 0.5) is 11.4 Å². The molecule has 2 rings (SSSR count). The first-order valence-electron chi connectivity index (χ1n) is 7.01. The number of ether oxygens (including phenoxy) is 1. The maximum Gasteiger partial charge on any atom is 0.288 e. The van der Waals surface area contributed by atoms with Crippen molar-refractivity contribution in [2.24, 2.45) is 0 Å². The van der Waals surface area contributed by atoms with Gasteiger partial charge in [-0.1, -0.05) is 11.6 Å². The van der Waals surface area contributed by atoms with E-state index in [0.29, 0.717) is 33.6 Å². The van der Waals surface area contributed by atoms with Gasteiger partial charge in [0.2, 0.25) is 0 Å². The molecule has 0 spiro atoms. The minimum absolute atomic E-state index is 0.0335. The number of carbonyl (C=O) groups excluding carboxylic acids is 1. The number of nitrogens with one attached hydrogen (secondary N) is 1. The van der Waals surface area contributed by atoms with Crippen LogP contribution in [0.3, 0.4) is 0 Å². The van der Waals surface area contributed by atoms with Crippen molar-refractivity contribution in [1.29, 1.82) is 0 Å². The van der Waals surface area contributed by atoms with Crippen LogP contribution in [0.1, 0.15) is 22.8 Å². The molecule has 2 aromatic carbocycles. The van der Waals surface area contributed by atoms with Crippen LogP contribution in [0.15, 0.2) is 34.8 Å². The Balaban J connectivity index is 2.25. The van der Waals surface area contributed by atoms with Crippen molar-refractivity contribution in [1.82, 2.24) is 0 Å². The van der Waals surface area contributed by atoms with Gasteiger partial charge in [0.05, 0.1) is 16.0 Å². The van der Waals surface area contributed by atoms with Crippen molar-refractivity contribution in [3.8, 4) is 5.75 Å². The molecule has 24 heavy (non-hydrogen) atoms. The molecule has 0 aliphatic carbocycles. The third-order valence-corrected chi connectivity index (χ3v) is 4.16. The summed E-state index contributed by atoms with van der Waals surface area (Å²) in [6.07, 6.45) is 0. The van der Waals surface area contributed by atoms with Gasteiger partial charge in [-0.25, -0.2) is 0 Å². The number of anilines is 1. The Hall–Kier alpha value is -2.12. The smallest absolute Gasteiger partial charge is 0.288 e. The fourth-order valence-corrected chi connectivity index (χ4v) is 2.78. The lowest BCUT2D eigenvalue weighted by molar-refractivity contribution is -0.384. The first-order valence-corrected chi connectivity index (χ1v) is 8.18. The molecular formula is C16H14BrClN2O4. The minimum atomic E-state index is -0.565. The zero-order valence-electron chi connectivity index (χ0n) is 12.9.